The Hall–Kier alpha value is -8.99. The molecule has 0 saturated heterocycles. The van der Waals surface area contributed by atoms with Crippen LogP contribution in [0.15, 0.2) is 243 Å². The Bertz CT molecular complexity index is 3850. The van der Waals surface area contributed by atoms with Crippen LogP contribution in [0.2, 0.25) is 0 Å². The minimum Gasteiger partial charge on any atom is -0.309 e. The van der Waals surface area contributed by atoms with Gasteiger partial charge in [0.05, 0.1) is 22.1 Å². The van der Waals surface area contributed by atoms with E-state index in [1.165, 1.54) is 72.0 Å². The summed E-state index contributed by atoms with van der Waals surface area (Å²) >= 11 is 0. The van der Waals surface area contributed by atoms with Crippen molar-refractivity contribution in [1.82, 2.24) is 19.5 Å². The Balaban J connectivity index is 0.927. The SMILES string of the molecule is c1ccc(-c2ccc(-c3nc(-c4ccc(-c5ccccc5)cc4)nc(-c4cccc(-c5ccc6c(c5)C5(c7ccccc7-6)c6ccccc6-n6c7ccccc7c7cccc5c76)c4)n3)cc2)cc1. The normalized spacial score (nSPS) is 14.2. The largest absolute Gasteiger partial charge is 0.309 e. The van der Waals surface area contributed by atoms with Gasteiger partial charge in [0.2, 0.25) is 0 Å². The molecule has 4 nitrogen and oxygen atoms in total. The van der Waals surface area contributed by atoms with E-state index in [4.69, 9.17) is 15.0 Å². The third kappa shape index (κ3) is 5.71. The van der Waals surface area contributed by atoms with Crippen LogP contribution in [0.1, 0.15) is 22.3 Å². The van der Waals surface area contributed by atoms with Crippen LogP contribution in [-0.2, 0) is 5.41 Å². The molecule has 1 aliphatic carbocycles. The van der Waals surface area contributed by atoms with Gasteiger partial charge in [-0.1, -0.05) is 218 Å². The lowest BCUT2D eigenvalue weighted by molar-refractivity contribution is 0.749. The molecular weight excluding hydrogens is 825 g/mol. The molecule has 14 rings (SSSR count). The van der Waals surface area contributed by atoms with Crippen LogP contribution in [0.25, 0.3) is 106 Å². The van der Waals surface area contributed by atoms with Crippen molar-refractivity contribution in [3.63, 3.8) is 0 Å². The first-order valence-corrected chi connectivity index (χ1v) is 23.3. The van der Waals surface area contributed by atoms with Gasteiger partial charge in [-0.2, -0.15) is 0 Å². The predicted molar refractivity (Wildman–Crippen MR) is 278 cm³/mol. The summed E-state index contributed by atoms with van der Waals surface area (Å²) in [6.07, 6.45) is 0. The zero-order valence-electron chi connectivity index (χ0n) is 36.9. The monoisotopic (exact) mass is 864 g/mol. The summed E-state index contributed by atoms with van der Waals surface area (Å²) < 4.78 is 2.50. The highest BCUT2D eigenvalue weighted by Gasteiger charge is 2.50. The molecule has 0 bridgehead atoms. The van der Waals surface area contributed by atoms with Crippen LogP contribution in [0.4, 0.5) is 0 Å². The third-order valence-electron chi connectivity index (χ3n) is 14.3. The van der Waals surface area contributed by atoms with E-state index in [1.54, 1.807) is 0 Å². The molecule has 2 aliphatic rings. The molecule has 0 N–H and O–H groups in total. The van der Waals surface area contributed by atoms with E-state index >= 15 is 0 Å². The van der Waals surface area contributed by atoms with Gasteiger partial charge in [0, 0.05) is 27.5 Å². The van der Waals surface area contributed by atoms with E-state index in [0.29, 0.717) is 17.5 Å². The van der Waals surface area contributed by atoms with E-state index in [0.717, 1.165) is 38.9 Å². The Morgan fingerprint density at radius 2 is 0.735 bits per heavy atom. The number of nitrogens with zero attached hydrogens (tertiary/aromatic N) is 4. The van der Waals surface area contributed by atoms with Crippen LogP contribution < -0.4 is 0 Å². The van der Waals surface area contributed by atoms with Gasteiger partial charge in [0.15, 0.2) is 17.5 Å². The minimum atomic E-state index is -0.538. The number of para-hydroxylation sites is 3. The summed E-state index contributed by atoms with van der Waals surface area (Å²) in [7, 11) is 0. The van der Waals surface area contributed by atoms with Crippen LogP contribution in [0.3, 0.4) is 0 Å². The molecule has 1 aliphatic heterocycles. The molecule has 4 heteroatoms. The molecule has 12 aromatic rings. The Morgan fingerprint density at radius 3 is 1.44 bits per heavy atom. The van der Waals surface area contributed by atoms with Gasteiger partial charge in [-0.15, -0.1) is 0 Å². The number of rotatable bonds is 6. The second-order valence-corrected chi connectivity index (χ2v) is 17.9. The molecular formula is C64H40N4. The maximum absolute atomic E-state index is 5.22. The summed E-state index contributed by atoms with van der Waals surface area (Å²) in [6.45, 7) is 0. The quantitative estimate of drug-likeness (QED) is 0.167. The van der Waals surface area contributed by atoms with Gasteiger partial charge in [-0.05, 0) is 91.0 Å². The summed E-state index contributed by atoms with van der Waals surface area (Å²) in [6, 6.07) is 87.5. The molecule has 0 radical (unpaired) electrons. The average Bonchev–Trinajstić information content (AvgIpc) is 3.92. The van der Waals surface area contributed by atoms with Crippen molar-refractivity contribution >= 4 is 21.8 Å². The lowest BCUT2D eigenvalue weighted by Crippen LogP contribution is -2.33. The zero-order valence-corrected chi connectivity index (χ0v) is 36.9. The van der Waals surface area contributed by atoms with Gasteiger partial charge in [0.25, 0.3) is 0 Å². The molecule has 10 aromatic carbocycles. The highest BCUT2D eigenvalue weighted by molar-refractivity contribution is 6.13. The van der Waals surface area contributed by atoms with E-state index < -0.39 is 5.41 Å². The van der Waals surface area contributed by atoms with E-state index in [9.17, 15) is 0 Å². The number of hydrogen-bond acceptors (Lipinski definition) is 3. The van der Waals surface area contributed by atoms with Gasteiger partial charge in [0.1, 0.15) is 0 Å². The molecule has 3 heterocycles. The van der Waals surface area contributed by atoms with Crippen molar-refractivity contribution < 1.29 is 0 Å². The Labute approximate surface area is 394 Å². The Morgan fingerprint density at radius 1 is 0.279 bits per heavy atom. The first-order valence-electron chi connectivity index (χ1n) is 23.3. The fraction of sp³-hybridized carbons (Fsp3) is 0.0156. The summed E-state index contributed by atoms with van der Waals surface area (Å²) in [4.78, 5) is 15.6. The standard InChI is InChI=1S/C64H40N4/c1-3-15-41(16-4-1)43-29-33-45(34-30-43)61-65-62(46-35-31-44(32-36-46)42-17-5-2-6-18-42)67-63(66-61)49-20-13-19-47(39-49)48-37-38-51-50-21-7-9-24-54(50)64(57(51)40-48)55-25-10-12-28-59(55)68-58-27-11-8-22-52(58)53-23-14-26-56(64)60(53)68/h1-40H. The van der Waals surface area contributed by atoms with E-state index in [2.05, 4.69) is 235 Å². The summed E-state index contributed by atoms with van der Waals surface area (Å²) in [5.74, 6) is 1.88. The number of hydrogen-bond donors (Lipinski definition) is 0. The van der Waals surface area contributed by atoms with E-state index in [-0.39, 0.29) is 0 Å². The fourth-order valence-corrected chi connectivity index (χ4v) is 11.2. The molecule has 1 spiro atoms. The lowest BCUT2D eigenvalue weighted by atomic mass is 9.65. The molecule has 0 fully saturated rings. The highest BCUT2D eigenvalue weighted by Crippen LogP contribution is 2.61. The van der Waals surface area contributed by atoms with Crippen molar-refractivity contribution in [2.75, 3.05) is 0 Å². The first-order chi connectivity index (χ1) is 33.7. The molecule has 1 atom stereocenters. The second-order valence-electron chi connectivity index (χ2n) is 17.9. The molecule has 2 aromatic heterocycles. The molecule has 0 amide bonds. The van der Waals surface area contributed by atoms with Crippen molar-refractivity contribution in [3.8, 4) is 84.4 Å². The van der Waals surface area contributed by atoms with Gasteiger partial charge in [-0.3, -0.25) is 0 Å². The molecule has 316 valence electrons. The summed E-state index contributed by atoms with van der Waals surface area (Å²) in [5.41, 5.74) is 20.6. The van der Waals surface area contributed by atoms with Gasteiger partial charge < -0.3 is 4.57 Å². The van der Waals surface area contributed by atoms with Crippen molar-refractivity contribution in [2.45, 2.75) is 5.41 Å². The second kappa shape index (κ2) is 15.0. The molecule has 1 unspecified atom stereocenters. The Kier molecular flexibility index (Phi) is 8.46. The maximum atomic E-state index is 5.22. The lowest BCUT2D eigenvalue weighted by Gasteiger charge is -2.39. The average molecular weight is 865 g/mol. The smallest absolute Gasteiger partial charge is 0.164 e. The van der Waals surface area contributed by atoms with Gasteiger partial charge in [-0.25, -0.2) is 15.0 Å². The minimum absolute atomic E-state index is 0.538. The van der Waals surface area contributed by atoms with Crippen molar-refractivity contribution in [3.05, 3.63) is 265 Å². The number of aromatic nitrogens is 4. The van der Waals surface area contributed by atoms with Crippen LogP contribution in [-0.4, -0.2) is 19.5 Å². The van der Waals surface area contributed by atoms with E-state index in [1.807, 2.05) is 12.1 Å². The van der Waals surface area contributed by atoms with Gasteiger partial charge >= 0.3 is 0 Å². The number of benzene rings is 10. The fourth-order valence-electron chi connectivity index (χ4n) is 11.2. The first kappa shape index (κ1) is 38.3. The van der Waals surface area contributed by atoms with Crippen LogP contribution in [0.5, 0.6) is 0 Å². The zero-order chi connectivity index (χ0) is 44.8. The summed E-state index contributed by atoms with van der Waals surface area (Å²) in [5, 5.41) is 2.54. The van der Waals surface area contributed by atoms with Crippen molar-refractivity contribution in [1.29, 1.82) is 0 Å². The number of fused-ring (bicyclic) bond motifs is 12. The topological polar surface area (TPSA) is 43.6 Å². The third-order valence-corrected chi connectivity index (χ3v) is 14.3. The maximum Gasteiger partial charge on any atom is 0.164 e. The van der Waals surface area contributed by atoms with Crippen LogP contribution >= 0.6 is 0 Å². The predicted octanol–water partition coefficient (Wildman–Crippen LogP) is 15.6. The van der Waals surface area contributed by atoms with Crippen molar-refractivity contribution in [2.24, 2.45) is 0 Å². The molecule has 68 heavy (non-hydrogen) atoms. The highest BCUT2D eigenvalue weighted by atomic mass is 15.0. The molecule has 0 saturated carbocycles. The van der Waals surface area contributed by atoms with Crippen LogP contribution in [0, 0.1) is 0 Å².